The normalized spacial score (nSPS) is 25.6. The van der Waals surface area contributed by atoms with Crippen molar-refractivity contribution in [2.24, 2.45) is 5.73 Å². The Morgan fingerprint density at radius 3 is 2.86 bits per heavy atom. The SMILES string of the molecule is NCC(c1cc(F)ccc1F)N1CCN2CCCCC2C1. The van der Waals surface area contributed by atoms with Crippen LogP contribution in [-0.2, 0) is 0 Å². The van der Waals surface area contributed by atoms with E-state index in [-0.39, 0.29) is 11.9 Å². The molecule has 0 aliphatic carbocycles. The van der Waals surface area contributed by atoms with Crippen LogP contribution < -0.4 is 5.73 Å². The van der Waals surface area contributed by atoms with Crippen LogP contribution in [0.15, 0.2) is 18.2 Å². The lowest BCUT2D eigenvalue weighted by Crippen LogP contribution is -2.56. The number of piperazine rings is 1. The Hall–Kier alpha value is -1.04. The lowest BCUT2D eigenvalue weighted by atomic mass is 9.96. The average molecular weight is 295 g/mol. The fraction of sp³-hybridized carbons (Fsp3) is 0.625. The summed E-state index contributed by atoms with van der Waals surface area (Å²) < 4.78 is 27.5. The topological polar surface area (TPSA) is 32.5 Å². The van der Waals surface area contributed by atoms with E-state index in [9.17, 15) is 8.78 Å². The van der Waals surface area contributed by atoms with E-state index >= 15 is 0 Å². The number of nitrogens with two attached hydrogens (primary N) is 1. The maximum atomic E-state index is 14.0. The second-order valence-corrected chi connectivity index (χ2v) is 6.10. The Bertz CT molecular complexity index is 494. The molecule has 2 atom stereocenters. The van der Waals surface area contributed by atoms with Crippen molar-refractivity contribution in [1.82, 2.24) is 9.80 Å². The Morgan fingerprint density at radius 2 is 2.05 bits per heavy atom. The molecule has 0 amide bonds. The molecule has 0 bridgehead atoms. The molecule has 2 heterocycles. The fourth-order valence-electron chi connectivity index (χ4n) is 3.71. The number of hydrogen-bond donors (Lipinski definition) is 1. The molecule has 1 aromatic rings. The van der Waals surface area contributed by atoms with E-state index in [2.05, 4.69) is 9.80 Å². The average Bonchev–Trinajstić information content (AvgIpc) is 2.51. The Labute approximate surface area is 124 Å². The summed E-state index contributed by atoms with van der Waals surface area (Å²) in [5.74, 6) is -0.765. The minimum Gasteiger partial charge on any atom is -0.329 e. The fourth-order valence-corrected chi connectivity index (χ4v) is 3.71. The van der Waals surface area contributed by atoms with Gasteiger partial charge >= 0.3 is 0 Å². The molecule has 2 saturated heterocycles. The summed E-state index contributed by atoms with van der Waals surface area (Å²) in [6, 6.07) is 3.96. The molecule has 2 fully saturated rings. The molecule has 3 rings (SSSR count). The summed E-state index contributed by atoms with van der Waals surface area (Å²) >= 11 is 0. The van der Waals surface area contributed by atoms with Gasteiger partial charge in [0.05, 0.1) is 6.04 Å². The van der Waals surface area contributed by atoms with Crippen molar-refractivity contribution in [3.63, 3.8) is 0 Å². The molecule has 3 nitrogen and oxygen atoms in total. The van der Waals surface area contributed by atoms with E-state index in [0.717, 1.165) is 25.7 Å². The van der Waals surface area contributed by atoms with Gasteiger partial charge in [-0.2, -0.15) is 0 Å². The van der Waals surface area contributed by atoms with Crippen molar-refractivity contribution in [2.45, 2.75) is 31.3 Å². The summed E-state index contributed by atoms with van der Waals surface area (Å²) in [5, 5.41) is 0. The predicted molar refractivity (Wildman–Crippen MR) is 78.9 cm³/mol. The lowest BCUT2D eigenvalue weighted by Gasteiger charge is -2.46. The van der Waals surface area contributed by atoms with E-state index in [4.69, 9.17) is 5.73 Å². The molecular formula is C16H23F2N3. The van der Waals surface area contributed by atoms with E-state index < -0.39 is 5.82 Å². The number of benzene rings is 1. The maximum Gasteiger partial charge on any atom is 0.128 e. The summed E-state index contributed by atoms with van der Waals surface area (Å²) in [6.45, 7) is 4.25. The van der Waals surface area contributed by atoms with Gasteiger partial charge in [-0.1, -0.05) is 6.42 Å². The van der Waals surface area contributed by atoms with Crippen molar-refractivity contribution >= 4 is 0 Å². The molecule has 2 unspecified atom stereocenters. The first-order chi connectivity index (χ1) is 10.2. The van der Waals surface area contributed by atoms with Crippen LogP contribution in [0.1, 0.15) is 30.9 Å². The van der Waals surface area contributed by atoms with Gasteiger partial charge in [-0.05, 0) is 37.6 Å². The van der Waals surface area contributed by atoms with E-state index in [0.29, 0.717) is 18.2 Å². The standard InChI is InChI=1S/C16H23F2N3/c17-12-4-5-15(18)14(9-12)16(10-19)21-8-7-20-6-2-1-3-13(20)11-21/h4-5,9,13,16H,1-3,6-8,10-11,19H2. The first kappa shape index (κ1) is 14.9. The smallest absolute Gasteiger partial charge is 0.128 e. The van der Waals surface area contributed by atoms with Crippen molar-refractivity contribution < 1.29 is 8.78 Å². The number of nitrogens with zero attached hydrogens (tertiary/aromatic N) is 2. The summed E-state index contributed by atoms with van der Waals surface area (Å²) in [4.78, 5) is 4.75. The van der Waals surface area contributed by atoms with E-state index in [1.54, 1.807) is 0 Å². The number of hydrogen-bond acceptors (Lipinski definition) is 3. The van der Waals surface area contributed by atoms with Crippen molar-refractivity contribution in [3.8, 4) is 0 Å². The van der Waals surface area contributed by atoms with Gasteiger partial charge in [-0.3, -0.25) is 9.80 Å². The lowest BCUT2D eigenvalue weighted by molar-refractivity contribution is 0.0278. The van der Waals surface area contributed by atoms with Crippen LogP contribution in [0.3, 0.4) is 0 Å². The van der Waals surface area contributed by atoms with Gasteiger partial charge in [-0.15, -0.1) is 0 Å². The van der Waals surface area contributed by atoms with Gasteiger partial charge in [0.2, 0.25) is 0 Å². The van der Waals surface area contributed by atoms with Crippen LogP contribution in [0.2, 0.25) is 0 Å². The molecule has 116 valence electrons. The van der Waals surface area contributed by atoms with Gasteiger partial charge in [-0.25, -0.2) is 8.78 Å². The van der Waals surface area contributed by atoms with Crippen molar-refractivity contribution in [3.05, 3.63) is 35.4 Å². The van der Waals surface area contributed by atoms with E-state index in [1.807, 2.05) is 0 Å². The highest BCUT2D eigenvalue weighted by atomic mass is 19.1. The van der Waals surface area contributed by atoms with Gasteiger partial charge in [0, 0.05) is 37.8 Å². The molecule has 0 aromatic heterocycles. The Morgan fingerprint density at radius 1 is 1.19 bits per heavy atom. The number of piperidine rings is 1. The largest absolute Gasteiger partial charge is 0.329 e. The molecule has 2 N–H and O–H groups in total. The second kappa shape index (κ2) is 6.38. The van der Waals surface area contributed by atoms with Crippen molar-refractivity contribution in [1.29, 1.82) is 0 Å². The minimum absolute atomic E-state index is 0.232. The maximum absolute atomic E-state index is 14.0. The van der Waals surface area contributed by atoms with Gasteiger partial charge in [0.25, 0.3) is 0 Å². The third-order valence-corrected chi connectivity index (χ3v) is 4.85. The predicted octanol–water partition coefficient (Wildman–Crippen LogP) is 2.13. The minimum atomic E-state index is -0.402. The number of rotatable bonds is 3. The highest BCUT2D eigenvalue weighted by molar-refractivity contribution is 5.23. The van der Waals surface area contributed by atoms with E-state index in [1.165, 1.54) is 37.9 Å². The molecule has 0 spiro atoms. The van der Waals surface area contributed by atoms with Crippen LogP contribution >= 0.6 is 0 Å². The first-order valence-corrected chi connectivity index (χ1v) is 7.82. The first-order valence-electron chi connectivity index (χ1n) is 7.82. The van der Waals surface area contributed by atoms with Gasteiger partial charge in [0.1, 0.15) is 11.6 Å². The zero-order chi connectivity index (χ0) is 14.8. The third-order valence-electron chi connectivity index (χ3n) is 4.85. The van der Waals surface area contributed by atoms with Crippen LogP contribution in [0, 0.1) is 11.6 Å². The molecule has 1 aromatic carbocycles. The monoisotopic (exact) mass is 295 g/mol. The zero-order valence-electron chi connectivity index (χ0n) is 12.3. The molecular weight excluding hydrogens is 272 g/mol. The third kappa shape index (κ3) is 3.10. The van der Waals surface area contributed by atoms with Crippen LogP contribution in [0.5, 0.6) is 0 Å². The number of halogens is 2. The molecule has 2 aliphatic rings. The summed E-state index contributed by atoms with van der Waals surface area (Å²) in [6.07, 6.45) is 3.73. The van der Waals surface area contributed by atoms with Gasteiger partial charge in [0.15, 0.2) is 0 Å². The quantitative estimate of drug-likeness (QED) is 0.927. The molecule has 5 heteroatoms. The second-order valence-electron chi connectivity index (χ2n) is 6.10. The Balaban J connectivity index is 1.78. The van der Waals surface area contributed by atoms with Crippen LogP contribution in [0.4, 0.5) is 8.78 Å². The number of fused-ring (bicyclic) bond motifs is 1. The van der Waals surface area contributed by atoms with Gasteiger partial charge < -0.3 is 5.73 Å². The summed E-state index contributed by atoms with van der Waals surface area (Å²) in [5.41, 5.74) is 6.27. The molecule has 21 heavy (non-hydrogen) atoms. The zero-order valence-corrected chi connectivity index (χ0v) is 12.3. The highest BCUT2D eigenvalue weighted by Crippen LogP contribution is 2.28. The van der Waals surface area contributed by atoms with Crippen molar-refractivity contribution in [2.75, 3.05) is 32.7 Å². The molecule has 0 saturated carbocycles. The summed E-state index contributed by atoms with van der Waals surface area (Å²) in [7, 11) is 0. The van der Waals surface area contributed by atoms with Crippen LogP contribution in [-0.4, -0.2) is 48.6 Å². The Kier molecular flexibility index (Phi) is 4.52. The molecule has 0 radical (unpaired) electrons. The van der Waals surface area contributed by atoms with Crippen LogP contribution in [0.25, 0.3) is 0 Å². The molecule has 2 aliphatic heterocycles. The highest BCUT2D eigenvalue weighted by Gasteiger charge is 2.33.